The lowest BCUT2D eigenvalue weighted by Gasteiger charge is -2.33. The molecular weight excluding hydrogens is 344 g/mol. The third-order valence-electron chi connectivity index (χ3n) is 3.63. The minimum absolute atomic E-state index is 0.196. The smallest absolute Gasteiger partial charge is 0.410 e. The van der Waals surface area contributed by atoms with Crippen LogP contribution in [0, 0.1) is 0 Å². The summed E-state index contributed by atoms with van der Waals surface area (Å²) in [6, 6.07) is 8.78. The van der Waals surface area contributed by atoms with Gasteiger partial charge in [0.05, 0.1) is 0 Å². The molecule has 0 bridgehead atoms. The van der Waals surface area contributed by atoms with Gasteiger partial charge in [-0.05, 0) is 51.3 Å². The van der Waals surface area contributed by atoms with Crippen molar-refractivity contribution in [3.63, 3.8) is 0 Å². The summed E-state index contributed by atoms with van der Waals surface area (Å²) in [6.07, 6.45) is 1.73. The number of carbonyl (C=O) groups excluding carboxylic acids is 1. The van der Waals surface area contributed by atoms with E-state index in [1.165, 1.54) is 5.56 Å². The Bertz CT molecular complexity index is 506. The van der Waals surface area contributed by atoms with Crippen LogP contribution in [0.4, 0.5) is 4.79 Å². The maximum absolute atomic E-state index is 12.0. The van der Waals surface area contributed by atoms with Crippen LogP contribution in [0.15, 0.2) is 28.7 Å². The van der Waals surface area contributed by atoms with Gasteiger partial charge in [-0.2, -0.15) is 0 Å². The summed E-state index contributed by atoms with van der Waals surface area (Å²) in [5.41, 5.74) is 0.844. The molecule has 1 saturated heterocycles. The molecule has 0 radical (unpaired) electrons. The number of nitrogens with one attached hydrogen (secondary N) is 1. The number of piperidine rings is 1. The Kier molecular flexibility index (Phi) is 5.87. The predicted molar refractivity (Wildman–Crippen MR) is 91.8 cm³/mol. The number of carbonyl (C=O) groups is 1. The van der Waals surface area contributed by atoms with Crippen LogP contribution >= 0.6 is 15.9 Å². The highest BCUT2D eigenvalue weighted by Gasteiger charge is 2.26. The van der Waals surface area contributed by atoms with E-state index in [-0.39, 0.29) is 6.09 Å². The van der Waals surface area contributed by atoms with Gasteiger partial charge in [0, 0.05) is 30.1 Å². The first-order valence-electron chi connectivity index (χ1n) is 7.79. The molecule has 0 atom stereocenters. The average Bonchev–Trinajstić information content (AvgIpc) is 2.44. The number of halogens is 1. The van der Waals surface area contributed by atoms with Gasteiger partial charge in [0.2, 0.25) is 0 Å². The van der Waals surface area contributed by atoms with Crippen LogP contribution < -0.4 is 5.32 Å². The van der Waals surface area contributed by atoms with E-state index in [0.29, 0.717) is 6.04 Å². The Hall–Kier alpha value is -1.07. The molecule has 5 heteroatoms. The molecule has 1 N–H and O–H groups in total. The van der Waals surface area contributed by atoms with Gasteiger partial charge in [0.1, 0.15) is 5.60 Å². The lowest BCUT2D eigenvalue weighted by atomic mass is 10.0. The van der Waals surface area contributed by atoms with E-state index in [9.17, 15) is 4.79 Å². The zero-order valence-electron chi connectivity index (χ0n) is 13.6. The van der Waals surface area contributed by atoms with E-state index < -0.39 is 5.60 Å². The Morgan fingerprint density at radius 2 is 2.05 bits per heavy atom. The Balaban J connectivity index is 1.74. The van der Waals surface area contributed by atoms with E-state index in [0.717, 1.165) is 36.9 Å². The van der Waals surface area contributed by atoms with Crippen LogP contribution in [-0.4, -0.2) is 35.7 Å². The van der Waals surface area contributed by atoms with Crippen LogP contribution in [-0.2, 0) is 11.3 Å². The van der Waals surface area contributed by atoms with E-state index in [1.807, 2.05) is 37.8 Å². The van der Waals surface area contributed by atoms with Gasteiger partial charge in [-0.15, -0.1) is 0 Å². The Morgan fingerprint density at radius 1 is 1.36 bits per heavy atom. The van der Waals surface area contributed by atoms with Crippen molar-refractivity contribution in [3.8, 4) is 0 Å². The second-order valence-corrected chi connectivity index (χ2v) is 7.67. The fraction of sp³-hybridized carbons (Fsp3) is 0.588. The van der Waals surface area contributed by atoms with Crippen molar-refractivity contribution in [1.82, 2.24) is 10.2 Å². The van der Waals surface area contributed by atoms with Crippen molar-refractivity contribution < 1.29 is 9.53 Å². The molecular formula is C17H25BrN2O2. The summed E-state index contributed by atoms with van der Waals surface area (Å²) in [4.78, 5) is 13.8. The molecule has 22 heavy (non-hydrogen) atoms. The summed E-state index contributed by atoms with van der Waals surface area (Å²) in [5, 5.41) is 3.57. The molecule has 0 spiro atoms. The predicted octanol–water partition coefficient (Wildman–Crippen LogP) is 3.94. The molecule has 0 saturated carbocycles. The molecule has 2 rings (SSSR count). The molecule has 1 aliphatic heterocycles. The van der Waals surface area contributed by atoms with Crippen molar-refractivity contribution in [2.75, 3.05) is 13.1 Å². The molecule has 4 nitrogen and oxygen atoms in total. The summed E-state index contributed by atoms with van der Waals surface area (Å²) in [6.45, 7) is 8.07. The van der Waals surface area contributed by atoms with Crippen LogP contribution in [0.2, 0.25) is 0 Å². The maximum atomic E-state index is 12.0. The fourth-order valence-electron chi connectivity index (χ4n) is 2.50. The molecule has 122 valence electrons. The Morgan fingerprint density at radius 3 is 2.64 bits per heavy atom. The van der Waals surface area contributed by atoms with E-state index >= 15 is 0 Å². The zero-order chi connectivity index (χ0) is 16.2. The molecule has 1 fully saturated rings. The van der Waals surface area contributed by atoms with Crippen LogP contribution in [0.3, 0.4) is 0 Å². The first-order valence-corrected chi connectivity index (χ1v) is 8.58. The minimum Gasteiger partial charge on any atom is -0.444 e. The summed E-state index contributed by atoms with van der Waals surface area (Å²) < 4.78 is 6.52. The standard InChI is InChI=1S/C17H25BrN2O2/c1-17(2,3)22-16(21)20-9-7-15(8-10-20)19-12-13-5-4-6-14(18)11-13/h4-6,11,15,19H,7-10,12H2,1-3H3. The quantitative estimate of drug-likeness (QED) is 0.878. The lowest BCUT2D eigenvalue weighted by molar-refractivity contribution is 0.0198. The van der Waals surface area contributed by atoms with Gasteiger partial charge in [0.25, 0.3) is 0 Å². The van der Waals surface area contributed by atoms with Crippen molar-refractivity contribution >= 4 is 22.0 Å². The highest BCUT2D eigenvalue weighted by molar-refractivity contribution is 9.10. The molecule has 1 aliphatic rings. The third kappa shape index (κ3) is 5.61. The number of amides is 1. The SMILES string of the molecule is CC(C)(C)OC(=O)N1CCC(NCc2cccc(Br)c2)CC1. The van der Waals surface area contributed by atoms with Gasteiger partial charge in [-0.1, -0.05) is 28.1 Å². The zero-order valence-corrected chi connectivity index (χ0v) is 15.1. The van der Waals surface area contributed by atoms with Gasteiger partial charge >= 0.3 is 6.09 Å². The molecule has 0 aliphatic carbocycles. The molecule has 1 aromatic carbocycles. The van der Waals surface area contributed by atoms with E-state index in [2.05, 4.69) is 33.4 Å². The molecule has 1 amide bonds. The maximum Gasteiger partial charge on any atom is 0.410 e. The Labute approximate surface area is 141 Å². The number of nitrogens with zero attached hydrogens (tertiary/aromatic N) is 1. The summed E-state index contributed by atoms with van der Waals surface area (Å²) >= 11 is 3.49. The average molecular weight is 369 g/mol. The van der Waals surface area contributed by atoms with Crippen LogP contribution in [0.5, 0.6) is 0 Å². The van der Waals surface area contributed by atoms with E-state index in [1.54, 1.807) is 0 Å². The number of benzene rings is 1. The lowest BCUT2D eigenvalue weighted by Crippen LogP contribution is -2.46. The number of ether oxygens (including phenoxy) is 1. The van der Waals surface area contributed by atoms with Gasteiger partial charge in [0.15, 0.2) is 0 Å². The molecule has 1 heterocycles. The minimum atomic E-state index is -0.424. The number of hydrogen-bond acceptors (Lipinski definition) is 3. The summed E-state index contributed by atoms with van der Waals surface area (Å²) in [5.74, 6) is 0. The number of hydrogen-bond donors (Lipinski definition) is 1. The number of rotatable bonds is 3. The first kappa shape index (κ1) is 17.3. The van der Waals surface area contributed by atoms with Gasteiger partial charge < -0.3 is 15.0 Å². The topological polar surface area (TPSA) is 41.6 Å². The fourth-order valence-corrected chi connectivity index (χ4v) is 2.95. The van der Waals surface area contributed by atoms with Crippen LogP contribution in [0.25, 0.3) is 0 Å². The third-order valence-corrected chi connectivity index (χ3v) is 4.12. The second-order valence-electron chi connectivity index (χ2n) is 6.75. The van der Waals surface area contributed by atoms with Crippen molar-refractivity contribution in [2.45, 2.75) is 51.8 Å². The molecule has 1 aromatic rings. The van der Waals surface area contributed by atoms with Crippen LogP contribution in [0.1, 0.15) is 39.2 Å². The van der Waals surface area contributed by atoms with Gasteiger partial charge in [-0.3, -0.25) is 0 Å². The van der Waals surface area contributed by atoms with Crippen molar-refractivity contribution in [1.29, 1.82) is 0 Å². The highest BCUT2D eigenvalue weighted by Crippen LogP contribution is 2.16. The van der Waals surface area contributed by atoms with Crippen molar-refractivity contribution in [3.05, 3.63) is 34.3 Å². The largest absolute Gasteiger partial charge is 0.444 e. The van der Waals surface area contributed by atoms with Gasteiger partial charge in [-0.25, -0.2) is 4.79 Å². The van der Waals surface area contributed by atoms with Crippen molar-refractivity contribution in [2.24, 2.45) is 0 Å². The molecule has 0 aromatic heterocycles. The normalized spacial score (nSPS) is 16.6. The molecule has 0 unspecified atom stereocenters. The highest BCUT2D eigenvalue weighted by atomic mass is 79.9. The second kappa shape index (κ2) is 7.47. The van der Waals surface area contributed by atoms with E-state index in [4.69, 9.17) is 4.74 Å². The summed E-state index contributed by atoms with van der Waals surface area (Å²) in [7, 11) is 0. The number of likely N-dealkylation sites (tertiary alicyclic amines) is 1. The monoisotopic (exact) mass is 368 g/mol. The first-order chi connectivity index (χ1) is 10.3.